The standard InChI is InChI=1S/C33H46N4O3/c1-24(2)26-12-10-25(11-13-26)22-37(28-14-15-28)31(38)27-7-6-18-36(23-27)29-8-5-9-30(21-29)40-33(3,4)32(39)35-19-16-34-17-20-35/h5,8-13,21,24,27-28,34H,6-7,14-20,22-23H2,1-4H3/t27-/m1/s1. The molecule has 2 amide bonds. The molecule has 5 rings (SSSR count). The van der Waals surface area contributed by atoms with Crippen molar-refractivity contribution in [1.29, 1.82) is 0 Å². The van der Waals surface area contributed by atoms with Crippen LogP contribution in [0.3, 0.4) is 0 Å². The average molecular weight is 547 g/mol. The molecule has 2 aliphatic heterocycles. The maximum Gasteiger partial charge on any atom is 0.266 e. The quantitative estimate of drug-likeness (QED) is 0.489. The Morgan fingerprint density at radius 1 is 1.02 bits per heavy atom. The third-order valence-corrected chi connectivity index (χ3v) is 8.52. The van der Waals surface area contributed by atoms with Crippen LogP contribution in [0, 0.1) is 5.92 Å². The lowest BCUT2D eigenvalue weighted by Gasteiger charge is -2.37. The number of nitrogens with zero attached hydrogens (tertiary/aromatic N) is 3. The van der Waals surface area contributed by atoms with Crippen molar-refractivity contribution in [1.82, 2.24) is 15.1 Å². The van der Waals surface area contributed by atoms with E-state index < -0.39 is 5.60 Å². The first kappa shape index (κ1) is 28.5. The second-order valence-corrected chi connectivity index (χ2v) is 12.5. The minimum Gasteiger partial charge on any atom is -0.478 e. The van der Waals surface area contributed by atoms with Crippen molar-refractivity contribution in [3.63, 3.8) is 0 Å². The summed E-state index contributed by atoms with van der Waals surface area (Å²) in [4.78, 5) is 33.3. The molecule has 2 aromatic carbocycles. The highest BCUT2D eigenvalue weighted by molar-refractivity contribution is 5.85. The Morgan fingerprint density at radius 2 is 1.75 bits per heavy atom. The molecule has 0 spiro atoms. The third-order valence-electron chi connectivity index (χ3n) is 8.52. The number of ether oxygens (including phenoxy) is 1. The lowest BCUT2D eigenvalue weighted by atomic mass is 9.95. The first-order valence-electron chi connectivity index (χ1n) is 15.1. The van der Waals surface area contributed by atoms with Gasteiger partial charge in [0.15, 0.2) is 5.60 Å². The Morgan fingerprint density at radius 3 is 2.42 bits per heavy atom. The number of hydrogen-bond donors (Lipinski definition) is 1. The van der Waals surface area contributed by atoms with Gasteiger partial charge in [0.1, 0.15) is 5.75 Å². The molecular weight excluding hydrogens is 500 g/mol. The van der Waals surface area contributed by atoms with Gasteiger partial charge in [-0.2, -0.15) is 0 Å². The Balaban J connectivity index is 1.24. The Hall–Kier alpha value is -3.06. The normalized spacial score (nSPS) is 20.0. The monoisotopic (exact) mass is 546 g/mol. The summed E-state index contributed by atoms with van der Waals surface area (Å²) in [6, 6.07) is 17.2. The molecule has 1 aliphatic carbocycles. The predicted molar refractivity (Wildman–Crippen MR) is 160 cm³/mol. The highest BCUT2D eigenvalue weighted by Gasteiger charge is 2.38. The van der Waals surface area contributed by atoms with Gasteiger partial charge in [-0.15, -0.1) is 0 Å². The van der Waals surface area contributed by atoms with Crippen LogP contribution in [0.25, 0.3) is 0 Å². The van der Waals surface area contributed by atoms with Gasteiger partial charge in [-0.05, 0) is 68.7 Å². The summed E-state index contributed by atoms with van der Waals surface area (Å²) in [5.74, 6) is 1.48. The van der Waals surface area contributed by atoms with Crippen LogP contribution in [0.4, 0.5) is 5.69 Å². The SMILES string of the molecule is CC(C)c1ccc(CN(C(=O)[C@@H]2CCCN(c3cccc(OC(C)(C)C(=O)N4CCNCC4)c3)C2)C2CC2)cc1. The second-order valence-electron chi connectivity index (χ2n) is 12.5. The Bertz CT molecular complexity index is 1170. The number of amides is 2. The number of nitrogens with one attached hydrogen (secondary N) is 1. The van der Waals surface area contributed by atoms with Crippen LogP contribution in [-0.2, 0) is 16.1 Å². The van der Waals surface area contributed by atoms with Gasteiger partial charge >= 0.3 is 0 Å². The first-order chi connectivity index (χ1) is 19.2. The fraction of sp³-hybridized carbons (Fsp3) is 0.576. The van der Waals surface area contributed by atoms with E-state index in [0.717, 1.165) is 51.0 Å². The Labute approximate surface area is 239 Å². The molecule has 2 saturated heterocycles. The average Bonchev–Trinajstić information content (AvgIpc) is 3.81. The van der Waals surface area contributed by atoms with Gasteiger partial charge < -0.3 is 24.8 Å². The fourth-order valence-corrected chi connectivity index (χ4v) is 5.96. The van der Waals surface area contributed by atoms with Crippen LogP contribution in [0.2, 0.25) is 0 Å². The Kier molecular flexibility index (Phi) is 8.69. The van der Waals surface area contributed by atoms with Crippen molar-refractivity contribution >= 4 is 17.5 Å². The van der Waals surface area contributed by atoms with E-state index in [-0.39, 0.29) is 17.7 Å². The molecule has 216 valence electrons. The number of benzene rings is 2. The van der Waals surface area contributed by atoms with E-state index in [4.69, 9.17) is 4.74 Å². The van der Waals surface area contributed by atoms with E-state index in [1.807, 2.05) is 36.9 Å². The molecule has 0 aromatic heterocycles. The summed E-state index contributed by atoms with van der Waals surface area (Å²) in [5, 5.41) is 3.29. The molecule has 1 N–H and O–H groups in total. The zero-order valence-corrected chi connectivity index (χ0v) is 24.7. The molecule has 0 unspecified atom stereocenters. The first-order valence-corrected chi connectivity index (χ1v) is 15.1. The molecule has 0 bridgehead atoms. The molecule has 1 atom stereocenters. The van der Waals surface area contributed by atoms with Gasteiger partial charge in [-0.1, -0.05) is 44.2 Å². The topological polar surface area (TPSA) is 65.1 Å². The van der Waals surface area contributed by atoms with E-state index in [1.165, 1.54) is 11.1 Å². The lowest BCUT2D eigenvalue weighted by Crippen LogP contribution is -2.54. The van der Waals surface area contributed by atoms with E-state index in [0.29, 0.717) is 43.9 Å². The van der Waals surface area contributed by atoms with Crippen molar-refractivity contribution in [2.24, 2.45) is 5.92 Å². The summed E-state index contributed by atoms with van der Waals surface area (Å²) in [5.41, 5.74) is 2.63. The molecule has 40 heavy (non-hydrogen) atoms. The van der Waals surface area contributed by atoms with E-state index in [2.05, 4.69) is 59.3 Å². The number of piperazine rings is 1. The summed E-state index contributed by atoms with van der Waals surface area (Å²) >= 11 is 0. The van der Waals surface area contributed by atoms with Gasteiger partial charge in [-0.3, -0.25) is 9.59 Å². The van der Waals surface area contributed by atoms with Crippen LogP contribution >= 0.6 is 0 Å². The van der Waals surface area contributed by atoms with Gasteiger partial charge in [0.25, 0.3) is 5.91 Å². The highest BCUT2D eigenvalue weighted by atomic mass is 16.5. The highest BCUT2D eigenvalue weighted by Crippen LogP contribution is 2.33. The van der Waals surface area contributed by atoms with E-state index in [9.17, 15) is 9.59 Å². The molecule has 7 heteroatoms. The van der Waals surface area contributed by atoms with Crippen molar-refractivity contribution in [2.75, 3.05) is 44.2 Å². The molecule has 1 saturated carbocycles. The number of rotatable bonds is 9. The number of hydrogen-bond acceptors (Lipinski definition) is 5. The summed E-state index contributed by atoms with van der Waals surface area (Å²) < 4.78 is 6.28. The molecular formula is C33H46N4O3. The van der Waals surface area contributed by atoms with Crippen LogP contribution in [0.5, 0.6) is 5.75 Å². The van der Waals surface area contributed by atoms with Crippen LogP contribution in [-0.4, -0.2) is 72.5 Å². The van der Waals surface area contributed by atoms with Gasteiger partial charge in [0.2, 0.25) is 5.91 Å². The smallest absolute Gasteiger partial charge is 0.266 e. The largest absolute Gasteiger partial charge is 0.478 e. The van der Waals surface area contributed by atoms with Crippen molar-refractivity contribution in [3.05, 3.63) is 59.7 Å². The zero-order chi connectivity index (χ0) is 28.3. The third kappa shape index (κ3) is 6.80. The van der Waals surface area contributed by atoms with Gasteiger partial charge in [0.05, 0.1) is 5.92 Å². The van der Waals surface area contributed by atoms with E-state index >= 15 is 0 Å². The maximum atomic E-state index is 13.8. The number of carbonyl (C=O) groups excluding carboxylic acids is 2. The maximum absolute atomic E-state index is 13.8. The van der Waals surface area contributed by atoms with Crippen LogP contribution < -0.4 is 15.0 Å². The van der Waals surface area contributed by atoms with Crippen molar-refractivity contribution in [2.45, 2.75) is 77.5 Å². The number of piperidine rings is 1. The minimum atomic E-state index is -0.950. The lowest BCUT2D eigenvalue weighted by molar-refractivity contribution is -0.146. The molecule has 0 radical (unpaired) electrons. The summed E-state index contributed by atoms with van der Waals surface area (Å²) in [6.07, 6.45) is 4.12. The molecule has 3 fully saturated rings. The fourth-order valence-electron chi connectivity index (χ4n) is 5.96. The van der Waals surface area contributed by atoms with Crippen molar-refractivity contribution < 1.29 is 14.3 Å². The predicted octanol–water partition coefficient (Wildman–Crippen LogP) is 4.81. The van der Waals surface area contributed by atoms with Gasteiger partial charge in [-0.25, -0.2) is 0 Å². The minimum absolute atomic E-state index is 0.0143. The number of anilines is 1. The van der Waals surface area contributed by atoms with Gasteiger partial charge in [0, 0.05) is 63.6 Å². The van der Waals surface area contributed by atoms with Crippen LogP contribution in [0.15, 0.2) is 48.5 Å². The summed E-state index contributed by atoms with van der Waals surface area (Å²) in [6.45, 7) is 13.5. The van der Waals surface area contributed by atoms with E-state index in [1.54, 1.807) is 0 Å². The molecule has 3 aliphatic rings. The zero-order valence-electron chi connectivity index (χ0n) is 24.7. The van der Waals surface area contributed by atoms with Crippen LogP contribution in [0.1, 0.15) is 70.4 Å². The molecule has 2 heterocycles. The number of carbonyl (C=O) groups is 2. The molecule has 7 nitrogen and oxygen atoms in total. The van der Waals surface area contributed by atoms with Crippen molar-refractivity contribution in [3.8, 4) is 5.75 Å². The second kappa shape index (κ2) is 12.2. The summed E-state index contributed by atoms with van der Waals surface area (Å²) in [7, 11) is 0. The molecule has 2 aromatic rings.